The van der Waals surface area contributed by atoms with E-state index in [-0.39, 0.29) is 11.9 Å². The number of nitrogens with one attached hydrogen (secondary N) is 1. The van der Waals surface area contributed by atoms with Gasteiger partial charge >= 0.3 is 0 Å². The van der Waals surface area contributed by atoms with Crippen LogP contribution in [0.1, 0.15) is 30.6 Å². The number of aromatic nitrogens is 1. The topological polar surface area (TPSA) is 92.7 Å². The number of carbonyl (C=O) groups excluding carboxylic acids is 1. The van der Waals surface area contributed by atoms with Crippen LogP contribution >= 0.6 is 0 Å². The van der Waals surface area contributed by atoms with Gasteiger partial charge in [0.15, 0.2) is 5.82 Å². The average Bonchev–Trinajstić information content (AvgIpc) is 2.37. The molecule has 1 aromatic rings. The smallest absolute Gasteiger partial charge is 0.252 e. The van der Waals surface area contributed by atoms with Crippen LogP contribution < -0.4 is 11.1 Å². The summed E-state index contributed by atoms with van der Waals surface area (Å²) in [6.45, 7) is 5.00. The van der Waals surface area contributed by atoms with E-state index >= 15 is 0 Å². The summed E-state index contributed by atoms with van der Waals surface area (Å²) in [4.78, 5) is 15.7. The maximum Gasteiger partial charge on any atom is 0.252 e. The second kappa shape index (κ2) is 7.50. The number of azo groups is 1. The Kier molecular flexibility index (Phi) is 5.93. The minimum atomic E-state index is -0.150. The Balaban J connectivity index is 2.56. The van der Waals surface area contributed by atoms with Crippen LogP contribution in [0.2, 0.25) is 0 Å². The molecule has 0 radical (unpaired) electrons. The van der Waals surface area contributed by atoms with Crippen LogP contribution in [0.4, 0.5) is 5.82 Å². The lowest BCUT2D eigenvalue weighted by Gasteiger charge is -2.03. The maximum absolute atomic E-state index is 11.7. The molecule has 1 rings (SSSR count). The van der Waals surface area contributed by atoms with E-state index in [1.807, 2.05) is 13.8 Å². The van der Waals surface area contributed by atoms with Gasteiger partial charge in [-0.25, -0.2) is 4.98 Å². The number of amides is 1. The minimum absolute atomic E-state index is 0.131. The van der Waals surface area contributed by atoms with E-state index in [1.54, 1.807) is 12.1 Å². The van der Waals surface area contributed by atoms with Crippen LogP contribution in [0.5, 0.6) is 0 Å². The van der Waals surface area contributed by atoms with E-state index < -0.39 is 0 Å². The van der Waals surface area contributed by atoms with E-state index in [4.69, 9.17) is 5.73 Å². The van der Waals surface area contributed by atoms with Gasteiger partial charge < -0.3 is 11.1 Å². The molecule has 0 saturated carbocycles. The van der Waals surface area contributed by atoms with Crippen molar-refractivity contribution in [2.75, 3.05) is 13.1 Å². The highest BCUT2D eigenvalue weighted by molar-refractivity contribution is 5.93. The van der Waals surface area contributed by atoms with Crippen LogP contribution in [0, 0.1) is 0 Å². The summed E-state index contributed by atoms with van der Waals surface area (Å²) >= 11 is 0. The molecule has 3 N–H and O–H groups in total. The fourth-order valence-electron chi connectivity index (χ4n) is 1.16. The minimum Gasteiger partial charge on any atom is -0.352 e. The average molecular weight is 249 g/mol. The summed E-state index contributed by atoms with van der Waals surface area (Å²) in [5.41, 5.74) is 5.85. The Labute approximate surface area is 107 Å². The van der Waals surface area contributed by atoms with E-state index in [0.717, 1.165) is 6.42 Å². The maximum atomic E-state index is 11.7. The second-order valence-electron chi connectivity index (χ2n) is 4.11. The normalized spacial score (nSPS) is 11.1. The predicted molar refractivity (Wildman–Crippen MR) is 69.9 cm³/mol. The number of pyridine rings is 1. The predicted octanol–water partition coefficient (Wildman–Crippen LogP) is 1.65. The van der Waals surface area contributed by atoms with Gasteiger partial charge in [0, 0.05) is 12.7 Å². The number of carbonyl (C=O) groups is 1. The third-order valence-corrected chi connectivity index (χ3v) is 2.07. The van der Waals surface area contributed by atoms with Crippen molar-refractivity contribution in [1.29, 1.82) is 0 Å². The molecule has 1 heterocycles. The molecule has 18 heavy (non-hydrogen) atoms. The summed E-state index contributed by atoms with van der Waals surface area (Å²) in [7, 11) is 0. The molecule has 0 aliphatic rings. The molecule has 0 bridgehead atoms. The Morgan fingerprint density at radius 1 is 1.50 bits per heavy atom. The van der Waals surface area contributed by atoms with Crippen molar-refractivity contribution >= 4 is 11.7 Å². The number of hydrogen-bond donors (Lipinski definition) is 2. The van der Waals surface area contributed by atoms with Crippen LogP contribution in [-0.4, -0.2) is 30.0 Å². The molecular formula is C12H19N5O. The number of hydrogen-bond acceptors (Lipinski definition) is 5. The van der Waals surface area contributed by atoms with Crippen molar-refractivity contribution < 1.29 is 4.79 Å². The third kappa shape index (κ3) is 5.01. The molecule has 0 aliphatic carbocycles. The van der Waals surface area contributed by atoms with Gasteiger partial charge in [0.2, 0.25) is 0 Å². The van der Waals surface area contributed by atoms with Crippen molar-refractivity contribution in [1.82, 2.24) is 10.3 Å². The highest BCUT2D eigenvalue weighted by atomic mass is 16.1. The zero-order valence-electron chi connectivity index (χ0n) is 10.8. The first-order valence-electron chi connectivity index (χ1n) is 5.98. The molecular weight excluding hydrogens is 230 g/mol. The summed E-state index contributed by atoms with van der Waals surface area (Å²) in [5.74, 6) is 0.352. The van der Waals surface area contributed by atoms with Gasteiger partial charge in [-0.05, 0) is 38.9 Å². The van der Waals surface area contributed by atoms with Crippen LogP contribution in [-0.2, 0) is 0 Å². The number of nitrogens with two attached hydrogens (primary N) is 1. The largest absolute Gasteiger partial charge is 0.352 e. The monoisotopic (exact) mass is 249 g/mol. The molecule has 0 saturated heterocycles. The van der Waals surface area contributed by atoms with E-state index in [2.05, 4.69) is 20.5 Å². The first-order valence-corrected chi connectivity index (χ1v) is 5.98. The molecule has 0 aliphatic heterocycles. The molecule has 0 atom stereocenters. The van der Waals surface area contributed by atoms with Crippen molar-refractivity contribution in [3.05, 3.63) is 23.9 Å². The van der Waals surface area contributed by atoms with Gasteiger partial charge in [-0.2, -0.15) is 5.11 Å². The van der Waals surface area contributed by atoms with E-state index in [9.17, 15) is 4.79 Å². The van der Waals surface area contributed by atoms with E-state index in [0.29, 0.717) is 24.5 Å². The summed E-state index contributed by atoms with van der Waals surface area (Å²) in [6, 6.07) is 3.48. The van der Waals surface area contributed by atoms with Gasteiger partial charge in [0.05, 0.1) is 11.6 Å². The molecule has 98 valence electrons. The molecule has 1 aromatic heterocycles. The Morgan fingerprint density at radius 2 is 2.28 bits per heavy atom. The third-order valence-electron chi connectivity index (χ3n) is 2.07. The summed E-state index contributed by atoms with van der Waals surface area (Å²) in [6.07, 6.45) is 2.26. The number of rotatable bonds is 6. The Bertz CT molecular complexity index is 399. The molecule has 1 amide bonds. The van der Waals surface area contributed by atoms with Gasteiger partial charge in [0.1, 0.15) is 0 Å². The van der Waals surface area contributed by atoms with Gasteiger partial charge in [0.25, 0.3) is 5.91 Å². The zero-order valence-corrected chi connectivity index (χ0v) is 10.8. The molecule has 0 aromatic carbocycles. The zero-order chi connectivity index (χ0) is 13.4. The summed E-state index contributed by atoms with van der Waals surface area (Å²) < 4.78 is 0. The highest BCUT2D eigenvalue weighted by Crippen LogP contribution is 2.09. The summed E-state index contributed by atoms with van der Waals surface area (Å²) in [5, 5.41) is 10.7. The standard InChI is InChI=1S/C12H19N5O/c1-9(2)16-17-11-5-4-10(8-15-11)12(18)14-7-3-6-13/h4-5,8-9H,3,6-7,13H2,1-2H3,(H,14,18). The van der Waals surface area contributed by atoms with Crippen molar-refractivity contribution in [2.24, 2.45) is 16.0 Å². The lowest BCUT2D eigenvalue weighted by Crippen LogP contribution is -2.25. The van der Waals surface area contributed by atoms with Gasteiger partial charge in [-0.15, -0.1) is 5.11 Å². The highest BCUT2D eigenvalue weighted by Gasteiger charge is 2.04. The molecule has 6 nitrogen and oxygen atoms in total. The van der Waals surface area contributed by atoms with E-state index in [1.165, 1.54) is 6.20 Å². The first kappa shape index (κ1) is 14.2. The Morgan fingerprint density at radius 3 is 2.83 bits per heavy atom. The van der Waals surface area contributed by atoms with Gasteiger partial charge in [-0.3, -0.25) is 4.79 Å². The molecule has 0 spiro atoms. The first-order chi connectivity index (χ1) is 8.63. The second-order valence-corrected chi connectivity index (χ2v) is 4.11. The van der Waals surface area contributed by atoms with Crippen LogP contribution in [0.15, 0.2) is 28.6 Å². The lowest BCUT2D eigenvalue weighted by atomic mass is 10.2. The Hall–Kier alpha value is -1.82. The van der Waals surface area contributed by atoms with Crippen LogP contribution in [0.25, 0.3) is 0 Å². The number of nitrogens with zero attached hydrogens (tertiary/aromatic N) is 3. The van der Waals surface area contributed by atoms with Gasteiger partial charge in [-0.1, -0.05) is 0 Å². The molecule has 0 unspecified atom stereocenters. The SMILES string of the molecule is CC(C)N=Nc1ccc(C(=O)NCCCN)cn1. The molecule has 0 fully saturated rings. The van der Waals surface area contributed by atoms with Crippen LogP contribution in [0.3, 0.4) is 0 Å². The fraction of sp³-hybridized carbons (Fsp3) is 0.500. The van der Waals surface area contributed by atoms with Crippen molar-refractivity contribution in [3.63, 3.8) is 0 Å². The lowest BCUT2D eigenvalue weighted by molar-refractivity contribution is 0.0953. The van der Waals surface area contributed by atoms with Crippen molar-refractivity contribution in [3.8, 4) is 0 Å². The van der Waals surface area contributed by atoms with Crippen molar-refractivity contribution in [2.45, 2.75) is 26.3 Å². The molecule has 6 heteroatoms. The quantitative estimate of drug-likeness (QED) is 0.593. The fourth-order valence-corrected chi connectivity index (χ4v) is 1.16.